The standard InChI is InChI=1S/C21H25ClN4O4/c1-26(2)11-15-8-16(22)6-4-13(15)10-19(27)24-18-7-5-14(20(25-18)29-3)9-17-12-30-21(28)23-17/h4-8,17H,9-12H2,1-3H3,(H,23,28)(H,24,25,27)/t17-/m0/s1. The lowest BCUT2D eigenvalue weighted by atomic mass is 10.0. The number of amides is 2. The molecule has 1 aromatic heterocycles. The summed E-state index contributed by atoms with van der Waals surface area (Å²) >= 11 is 6.11. The van der Waals surface area contributed by atoms with E-state index in [1.807, 2.05) is 37.2 Å². The molecule has 1 fully saturated rings. The number of alkyl carbamates (subject to hydrolysis) is 1. The van der Waals surface area contributed by atoms with E-state index in [0.717, 1.165) is 16.7 Å². The lowest BCUT2D eigenvalue weighted by Gasteiger charge is -2.15. The number of hydrogen-bond donors (Lipinski definition) is 2. The third-order valence-electron chi connectivity index (χ3n) is 4.61. The van der Waals surface area contributed by atoms with Gasteiger partial charge in [-0.25, -0.2) is 4.79 Å². The van der Waals surface area contributed by atoms with Crippen LogP contribution >= 0.6 is 11.6 Å². The first-order valence-electron chi connectivity index (χ1n) is 9.53. The van der Waals surface area contributed by atoms with E-state index in [0.29, 0.717) is 36.3 Å². The number of pyridine rings is 1. The number of anilines is 1. The first kappa shape index (κ1) is 21.9. The maximum atomic E-state index is 12.6. The van der Waals surface area contributed by atoms with E-state index < -0.39 is 6.09 Å². The molecule has 160 valence electrons. The fourth-order valence-electron chi connectivity index (χ4n) is 3.29. The van der Waals surface area contributed by atoms with Gasteiger partial charge in [0.25, 0.3) is 0 Å². The van der Waals surface area contributed by atoms with Crippen molar-refractivity contribution in [3.63, 3.8) is 0 Å². The number of rotatable bonds is 8. The normalized spacial score (nSPS) is 15.6. The highest BCUT2D eigenvalue weighted by molar-refractivity contribution is 6.30. The minimum absolute atomic E-state index is 0.131. The summed E-state index contributed by atoms with van der Waals surface area (Å²) in [6.45, 7) is 0.988. The molecule has 1 aliphatic rings. The SMILES string of the molecule is COc1nc(NC(=O)Cc2ccc(Cl)cc2CN(C)C)ccc1C[C@H]1COC(=O)N1. The fraction of sp³-hybridized carbons (Fsp3) is 0.381. The minimum Gasteiger partial charge on any atom is -0.481 e. The van der Waals surface area contributed by atoms with E-state index >= 15 is 0 Å². The van der Waals surface area contributed by atoms with Crippen LogP contribution in [0.1, 0.15) is 16.7 Å². The molecule has 1 atom stereocenters. The molecule has 0 unspecified atom stereocenters. The average molecular weight is 433 g/mol. The van der Waals surface area contributed by atoms with Gasteiger partial charge in [-0.05, 0) is 49.5 Å². The van der Waals surface area contributed by atoms with Gasteiger partial charge in [-0.2, -0.15) is 4.98 Å². The van der Waals surface area contributed by atoms with Gasteiger partial charge in [-0.1, -0.05) is 17.7 Å². The van der Waals surface area contributed by atoms with Crippen LogP contribution in [0.2, 0.25) is 5.02 Å². The van der Waals surface area contributed by atoms with Crippen molar-refractivity contribution in [1.29, 1.82) is 0 Å². The number of ether oxygens (including phenoxy) is 2. The third-order valence-corrected chi connectivity index (χ3v) is 4.84. The summed E-state index contributed by atoms with van der Waals surface area (Å²) < 4.78 is 10.3. The number of aromatic nitrogens is 1. The highest BCUT2D eigenvalue weighted by atomic mass is 35.5. The molecule has 1 aliphatic heterocycles. The van der Waals surface area contributed by atoms with Crippen molar-refractivity contribution < 1.29 is 19.1 Å². The molecule has 2 N–H and O–H groups in total. The Morgan fingerprint density at radius 2 is 2.07 bits per heavy atom. The van der Waals surface area contributed by atoms with Gasteiger partial charge >= 0.3 is 6.09 Å². The Balaban J connectivity index is 1.67. The van der Waals surface area contributed by atoms with E-state index in [4.69, 9.17) is 21.1 Å². The van der Waals surface area contributed by atoms with Gasteiger partial charge < -0.3 is 25.0 Å². The first-order chi connectivity index (χ1) is 14.3. The van der Waals surface area contributed by atoms with Crippen LogP contribution in [0.4, 0.5) is 10.6 Å². The van der Waals surface area contributed by atoms with Crippen molar-refractivity contribution in [1.82, 2.24) is 15.2 Å². The first-order valence-corrected chi connectivity index (χ1v) is 9.91. The highest BCUT2D eigenvalue weighted by Gasteiger charge is 2.24. The molecule has 1 saturated heterocycles. The molecule has 2 aromatic rings. The third kappa shape index (κ3) is 5.84. The molecule has 1 aromatic carbocycles. The summed E-state index contributed by atoms with van der Waals surface area (Å²) in [5.41, 5.74) is 2.73. The molecule has 8 nitrogen and oxygen atoms in total. The second kappa shape index (κ2) is 9.77. The molecule has 3 rings (SSSR count). The smallest absolute Gasteiger partial charge is 0.407 e. The van der Waals surface area contributed by atoms with Gasteiger partial charge in [-0.3, -0.25) is 4.79 Å². The number of carbonyl (C=O) groups is 2. The molecular formula is C21H25ClN4O4. The zero-order chi connectivity index (χ0) is 21.7. The summed E-state index contributed by atoms with van der Waals surface area (Å²) in [6.07, 6.45) is 0.304. The number of benzene rings is 1. The van der Waals surface area contributed by atoms with E-state index in [9.17, 15) is 9.59 Å². The van der Waals surface area contributed by atoms with Crippen LogP contribution < -0.4 is 15.4 Å². The lowest BCUT2D eigenvalue weighted by Crippen LogP contribution is -2.28. The molecule has 2 heterocycles. The number of nitrogens with zero attached hydrogens (tertiary/aromatic N) is 2. The van der Waals surface area contributed by atoms with Crippen LogP contribution in [0, 0.1) is 0 Å². The van der Waals surface area contributed by atoms with E-state index in [1.165, 1.54) is 7.11 Å². The van der Waals surface area contributed by atoms with Crippen LogP contribution in [0.25, 0.3) is 0 Å². The fourth-order valence-corrected chi connectivity index (χ4v) is 3.48. The average Bonchev–Trinajstić information content (AvgIpc) is 3.09. The highest BCUT2D eigenvalue weighted by Crippen LogP contribution is 2.22. The van der Waals surface area contributed by atoms with Gasteiger partial charge in [0.2, 0.25) is 11.8 Å². The van der Waals surface area contributed by atoms with E-state index in [-0.39, 0.29) is 18.4 Å². The van der Waals surface area contributed by atoms with Crippen LogP contribution in [0.15, 0.2) is 30.3 Å². The van der Waals surface area contributed by atoms with Crippen molar-refractivity contribution in [3.05, 3.63) is 52.0 Å². The Kier molecular flexibility index (Phi) is 7.12. The van der Waals surface area contributed by atoms with Crippen LogP contribution in [0.5, 0.6) is 5.88 Å². The zero-order valence-electron chi connectivity index (χ0n) is 17.2. The zero-order valence-corrected chi connectivity index (χ0v) is 18.0. The van der Waals surface area contributed by atoms with Crippen LogP contribution in [-0.4, -0.2) is 55.7 Å². The molecule has 0 bridgehead atoms. The maximum absolute atomic E-state index is 12.6. The number of methoxy groups -OCH3 is 1. The van der Waals surface area contributed by atoms with Gasteiger partial charge in [0.15, 0.2) is 0 Å². The summed E-state index contributed by atoms with van der Waals surface area (Å²) in [4.78, 5) is 30.2. The maximum Gasteiger partial charge on any atom is 0.407 e. The van der Waals surface area contributed by atoms with Crippen LogP contribution in [0.3, 0.4) is 0 Å². The summed E-state index contributed by atoms with van der Waals surface area (Å²) in [5.74, 6) is 0.611. The number of nitrogens with one attached hydrogen (secondary N) is 2. The topological polar surface area (TPSA) is 92.8 Å². The second-order valence-electron chi connectivity index (χ2n) is 7.38. The lowest BCUT2D eigenvalue weighted by molar-refractivity contribution is -0.115. The Labute approximate surface area is 180 Å². The molecule has 0 saturated carbocycles. The van der Waals surface area contributed by atoms with Gasteiger partial charge in [0, 0.05) is 23.6 Å². The number of cyclic esters (lactones) is 1. The monoisotopic (exact) mass is 432 g/mol. The predicted octanol–water partition coefficient (Wildman–Crippen LogP) is 2.64. The minimum atomic E-state index is -0.424. The largest absolute Gasteiger partial charge is 0.481 e. The van der Waals surface area contributed by atoms with Gasteiger partial charge in [0.05, 0.1) is 19.6 Å². The predicted molar refractivity (Wildman–Crippen MR) is 114 cm³/mol. The van der Waals surface area contributed by atoms with Crippen molar-refractivity contribution in [2.45, 2.75) is 25.4 Å². The summed E-state index contributed by atoms with van der Waals surface area (Å²) in [7, 11) is 5.44. The summed E-state index contributed by atoms with van der Waals surface area (Å²) in [5, 5.41) is 6.18. The Morgan fingerprint density at radius 1 is 1.30 bits per heavy atom. The molecule has 2 amide bonds. The van der Waals surface area contributed by atoms with Crippen LogP contribution in [-0.2, 0) is 28.9 Å². The van der Waals surface area contributed by atoms with Crippen molar-refractivity contribution in [2.75, 3.05) is 33.1 Å². The quantitative estimate of drug-likeness (QED) is 0.666. The molecule has 0 aliphatic carbocycles. The Morgan fingerprint density at radius 3 is 2.73 bits per heavy atom. The van der Waals surface area contributed by atoms with Crippen molar-refractivity contribution in [2.24, 2.45) is 0 Å². The van der Waals surface area contributed by atoms with E-state index in [1.54, 1.807) is 12.1 Å². The van der Waals surface area contributed by atoms with Crippen molar-refractivity contribution >= 4 is 29.4 Å². The second-order valence-corrected chi connectivity index (χ2v) is 7.82. The number of carbonyl (C=O) groups excluding carboxylic acids is 2. The molecule has 9 heteroatoms. The van der Waals surface area contributed by atoms with E-state index in [2.05, 4.69) is 15.6 Å². The molecular weight excluding hydrogens is 408 g/mol. The molecule has 30 heavy (non-hydrogen) atoms. The molecule has 0 spiro atoms. The number of halogens is 1. The Hall–Kier alpha value is -2.84. The molecule has 0 radical (unpaired) electrons. The Bertz CT molecular complexity index is 935. The van der Waals surface area contributed by atoms with Crippen molar-refractivity contribution in [3.8, 4) is 5.88 Å². The van der Waals surface area contributed by atoms with Gasteiger partial charge in [-0.15, -0.1) is 0 Å². The number of hydrogen-bond acceptors (Lipinski definition) is 6. The summed E-state index contributed by atoms with van der Waals surface area (Å²) in [6, 6.07) is 8.95. The van der Waals surface area contributed by atoms with Gasteiger partial charge in [0.1, 0.15) is 12.4 Å².